The molecule has 0 aliphatic rings. The monoisotopic (exact) mass is 374 g/mol. The Bertz CT molecular complexity index is 838. The van der Waals surface area contributed by atoms with Crippen LogP contribution in [0.25, 0.3) is 0 Å². The average Bonchev–Trinajstić information content (AvgIpc) is 2.66. The van der Waals surface area contributed by atoms with Gasteiger partial charge in [0.05, 0.1) is 31.0 Å². The van der Waals surface area contributed by atoms with Crippen molar-refractivity contribution in [3.63, 3.8) is 0 Å². The van der Waals surface area contributed by atoms with Crippen molar-refractivity contribution in [2.75, 3.05) is 31.1 Å². The minimum Gasteiger partial charge on any atom is -0.465 e. The van der Waals surface area contributed by atoms with Gasteiger partial charge in [-0.2, -0.15) is 0 Å². The number of amides is 2. The second-order valence-electron chi connectivity index (χ2n) is 5.05. The van der Waals surface area contributed by atoms with Crippen LogP contribution >= 0.6 is 11.8 Å². The van der Waals surface area contributed by atoms with Gasteiger partial charge in [0.1, 0.15) is 0 Å². The molecule has 2 rings (SSSR count). The van der Waals surface area contributed by atoms with Crippen LogP contribution < -0.4 is 10.6 Å². The van der Waals surface area contributed by atoms with Crippen LogP contribution in [0.3, 0.4) is 0 Å². The first-order valence-electron chi connectivity index (χ1n) is 7.51. The number of anilines is 2. The zero-order valence-electron chi connectivity index (χ0n) is 14.5. The van der Waals surface area contributed by atoms with E-state index in [-0.39, 0.29) is 16.8 Å². The molecule has 2 aromatic carbocycles. The molecule has 0 saturated carbocycles. The predicted octanol–water partition coefficient (Wildman–Crippen LogP) is 3.63. The molecule has 2 aromatic rings. The van der Waals surface area contributed by atoms with E-state index in [4.69, 9.17) is 4.74 Å². The van der Waals surface area contributed by atoms with Crippen molar-refractivity contribution in [2.45, 2.75) is 4.90 Å². The fourth-order valence-electron chi connectivity index (χ4n) is 2.17. The summed E-state index contributed by atoms with van der Waals surface area (Å²) in [6.45, 7) is 0. The van der Waals surface area contributed by atoms with Crippen LogP contribution in [0.2, 0.25) is 0 Å². The van der Waals surface area contributed by atoms with Gasteiger partial charge in [-0.1, -0.05) is 6.07 Å². The molecule has 0 fully saturated rings. The van der Waals surface area contributed by atoms with Crippen LogP contribution in [0, 0.1) is 0 Å². The summed E-state index contributed by atoms with van der Waals surface area (Å²) in [6.07, 6.45) is 1.93. The van der Waals surface area contributed by atoms with E-state index < -0.39 is 18.0 Å². The molecule has 136 valence electrons. The van der Waals surface area contributed by atoms with Crippen molar-refractivity contribution in [2.24, 2.45) is 0 Å². The van der Waals surface area contributed by atoms with E-state index in [0.717, 1.165) is 4.90 Å². The van der Waals surface area contributed by atoms with E-state index in [1.807, 2.05) is 24.5 Å². The Labute approximate surface area is 155 Å². The van der Waals surface area contributed by atoms with Gasteiger partial charge in [0.2, 0.25) is 0 Å². The summed E-state index contributed by atoms with van der Waals surface area (Å²) in [5.74, 6) is -1.22. The van der Waals surface area contributed by atoms with Gasteiger partial charge in [0.15, 0.2) is 0 Å². The highest BCUT2D eigenvalue weighted by Crippen LogP contribution is 2.22. The predicted molar refractivity (Wildman–Crippen MR) is 100.0 cm³/mol. The molecule has 0 atom stereocenters. The maximum Gasteiger partial charge on any atom is 0.339 e. The van der Waals surface area contributed by atoms with Gasteiger partial charge in [-0.05, 0) is 42.7 Å². The lowest BCUT2D eigenvalue weighted by molar-refractivity contribution is 0.0587. The molecule has 0 radical (unpaired) electrons. The highest BCUT2D eigenvalue weighted by Gasteiger charge is 2.17. The number of carbonyl (C=O) groups excluding carboxylic acids is 3. The summed E-state index contributed by atoms with van der Waals surface area (Å²) in [7, 11) is 2.48. The van der Waals surface area contributed by atoms with Crippen molar-refractivity contribution < 1.29 is 23.9 Å². The van der Waals surface area contributed by atoms with Crippen LogP contribution in [0.1, 0.15) is 20.7 Å². The number of nitrogens with one attached hydrogen (secondary N) is 2. The van der Waals surface area contributed by atoms with Crippen molar-refractivity contribution in [1.82, 2.24) is 0 Å². The summed E-state index contributed by atoms with van der Waals surface area (Å²) in [6, 6.07) is 10.9. The number of carbonyl (C=O) groups is 3. The highest BCUT2D eigenvalue weighted by atomic mass is 32.2. The number of ether oxygens (including phenoxy) is 2. The number of hydrogen-bond donors (Lipinski definition) is 2. The van der Waals surface area contributed by atoms with E-state index >= 15 is 0 Å². The molecule has 0 unspecified atom stereocenters. The maximum absolute atomic E-state index is 12.3. The Hall–Kier alpha value is -3.00. The molecule has 8 heteroatoms. The fraction of sp³-hybridized carbons (Fsp3) is 0.167. The number of esters is 2. The Kier molecular flexibility index (Phi) is 6.62. The minimum atomic E-state index is -0.638. The molecule has 0 aromatic heterocycles. The van der Waals surface area contributed by atoms with Gasteiger partial charge >= 0.3 is 18.0 Å². The van der Waals surface area contributed by atoms with Gasteiger partial charge in [0, 0.05) is 10.6 Å². The molecule has 0 aliphatic heterocycles. The third-order valence-electron chi connectivity index (χ3n) is 3.42. The number of benzene rings is 2. The van der Waals surface area contributed by atoms with Crippen LogP contribution in [-0.4, -0.2) is 38.4 Å². The SMILES string of the molecule is COC(=O)c1ccc(C(=O)OC)c(NC(=O)Nc2cccc(SC)c2)c1. The zero-order chi connectivity index (χ0) is 19.1. The molecule has 0 spiro atoms. The lowest BCUT2D eigenvalue weighted by Gasteiger charge is -2.12. The van der Waals surface area contributed by atoms with Crippen molar-refractivity contribution in [3.05, 3.63) is 53.6 Å². The van der Waals surface area contributed by atoms with Crippen molar-refractivity contribution in [3.8, 4) is 0 Å². The van der Waals surface area contributed by atoms with E-state index in [1.165, 1.54) is 32.4 Å². The molecule has 2 N–H and O–H groups in total. The maximum atomic E-state index is 12.3. The van der Waals surface area contributed by atoms with E-state index in [9.17, 15) is 14.4 Å². The Morgan fingerprint density at radius 3 is 2.31 bits per heavy atom. The minimum absolute atomic E-state index is 0.119. The summed E-state index contributed by atoms with van der Waals surface area (Å²) in [4.78, 5) is 36.9. The Balaban J connectivity index is 2.25. The summed E-state index contributed by atoms with van der Waals surface area (Å²) in [5, 5.41) is 5.25. The second-order valence-corrected chi connectivity index (χ2v) is 5.93. The van der Waals surface area contributed by atoms with E-state index in [2.05, 4.69) is 15.4 Å². The smallest absolute Gasteiger partial charge is 0.339 e. The molecule has 7 nitrogen and oxygen atoms in total. The van der Waals surface area contributed by atoms with Crippen molar-refractivity contribution in [1.29, 1.82) is 0 Å². The molecule has 0 saturated heterocycles. The molecule has 0 aliphatic carbocycles. The number of rotatable bonds is 5. The van der Waals surface area contributed by atoms with E-state index in [1.54, 1.807) is 17.8 Å². The van der Waals surface area contributed by atoms with Gasteiger partial charge in [0.25, 0.3) is 0 Å². The molecule has 26 heavy (non-hydrogen) atoms. The first-order chi connectivity index (χ1) is 12.5. The summed E-state index contributed by atoms with van der Waals surface area (Å²) >= 11 is 1.55. The lowest BCUT2D eigenvalue weighted by Crippen LogP contribution is -2.21. The van der Waals surface area contributed by atoms with Crippen LogP contribution in [0.4, 0.5) is 16.2 Å². The van der Waals surface area contributed by atoms with Crippen molar-refractivity contribution >= 4 is 41.1 Å². The van der Waals surface area contributed by atoms with Gasteiger partial charge in [-0.3, -0.25) is 0 Å². The number of thioether (sulfide) groups is 1. The van der Waals surface area contributed by atoms with Gasteiger partial charge < -0.3 is 20.1 Å². The molecule has 2 amide bonds. The summed E-state index contributed by atoms with van der Waals surface area (Å²) < 4.78 is 9.36. The normalized spacial score (nSPS) is 9.96. The molecular weight excluding hydrogens is 356 g/mol. The number of methoxy groups -OCH3 is 2. The van der Waals surface area contributed by atoms with Crippen LogP contribution in [0.5, 0.6) is 0 Å². The van der Waals surface area contributed by atoms with Crippen LogP contribution in [0.15, 0.2) is 47.4 Å². The first kappa shape index (κ1) is 19.3. The highest BCUT2D eigenvalue weighted by molar-refractivity contribution is 7.98. The average molecular weight is 374 g/mol. The standard InChI is InChI=1S/C18H18N2O5S/c1-24-16(21)11-7-8-14(17(22)25-2)15(9-11)20-18(23)19-12-5-4-6-13(10-12)26-3/h4-10H,1-3H3,(H2,19,20,23). The fourth-order valence-corrected chi connectivity index (χ4v) is 2.63. The third kappa shape index (κ3) is 4.76. The molecular formula is C18H18N2O5S. The first-order valence-corrected chi connectivity index (χ1v) is 8.73. The Morgan fingerprint density at radius 1 is 0.923 bits per heavy atom. The largest absolute Gasteiger partial charge is 0.465 e. The molecule has 0 bridgehead atoms. The lowest BCUT2D eigenvalue weighted by atomic mass is 10.1. The van der Waals surface area contributed by atoms with Gasteiger partial charge in [-0.25, -0.2) is 14.4 Å². The van der Waals surface area contributed by atoms with Gasteiger partial charge in [-0.15, -0.1) is 11.8 Å². The topological polar surface area (TPSA) is 93.7 Å². The number of urea groups is 1. The van der Waals surface area contributed by atoms with E-state index in [0.29, 0.717) is 5.69 Å². The molecule has 0 heterocycles. The Morgan fingerprint density at radius 2 is 1.65 bits per heavy atom. The van der Waals surface area contributed by atoms with Crippen LogP contribution in [-0.2, 0) is 9.47 Å². The quantitative estimate of drug-likeness (QED) is 0.613. The third-order valence-corrected chi connectivity index (χ3v) is 4.15. The number of hydrogen-bond acceptors (Lipinski definition) is 6. The zero-order valence-corrected chi connectivity index (χ0v) is 15.3. The summed E-state index contributed by atoms with van der Waals surface area (Å²) in [5.41, 5.74) is 1.05. The second kappa shape index (κ2) is 8.91.